The van der Waals surface area contributed by atoms with E-state index in [0.717, 1.165) is 0 Å². The Morgan fingerprint density at radius 3 is 2.10 bits per heavy atom. The highest BCUT2D eigenvalue weighted by Gasteiger charge is 2.11. The third kappa shape index (κ3) is 3.05. The van der Waals surface area contributed by atoms with E-state index in [2.05, 4.69) is 10.6 Å². The number of phenolic OH excluding ortho intramolecular Hbond substituents is 1. The van der Waals surface area contributed by atoms with E-state index in [1.165, 1.54) is 12.1 Å². The average Bonchev–Trinajstić information content (AvgIpc) is 2.41. The summed E-state index contributed by atoms with van der Waals surface area (Å²) < 4.78 is 0. The van der Waals surface area contributed by atoms with Gasteiger partial charge in [0.25, 0.3) is 5.91 Å². The first-order valence-corrected chi connectivity index (χ1v) is 5.83. The molecule has 2 aromatic carbocycles. The van der Waals surface area contributed by atoms with Crippen LogP contribution in [-0.4, -0.2) is 17.0 Å². The first kappa shape index (κ1) is 13.4. The van der Waals surface area contributed by atoms with Crippen LogP contribution in [0.5, 0.6) is 5.75 Å². The zero-order chi connectivity index (χ0) is 14.5. The number of rotatable bonds is 3. The van der Waals surface area contributed by atoms with Crippen LogP contribution in [0, 0.1) is 0 Å². The van der Waals surface area contributed by atoms with E-state index in [4.69, 9.17) is 5.73 Å². The van der Waals surface area contributed by atoms with Crippen molar-refractivity contribution >= 4 is 23.3 Å². The number of benzene rings is 2. The van der Waals surface area contributed by atoms with Crippen LogP contribution in [0.25, 0.3) is 0 Å². The summed E-state index contributed by atoms with van der Waals surface area (Å²) >= 11 is 0. The molecule has 6 heteroatoms. The summed E-state index contributed by atoms with van der Waals surface area (Å²) in [5, 5.41) is 14.5. The number of amides is 3. The number of anilines is 2. The fraction of sp³-hybridized carbons (Fsp3) is 0. The van der Waals surface area contributed by atoms with Gasteiger partial charge in [-0.15, -0.1) is 0 Å². The molecule has 6 nitrogen and oxygen atoms in total. The predicted octanol–water partition coefficient (Wildman–Crippen LogP) is 2.14. The molecule has 0 aromatic heterocycles. The van der Waals surface area contributed by atoms with Crippen molar-refractivity contribution in [1.29, 1.82) is 0 Å². The summed E-state index contributed by atoms with van der Waals surface area (Å²) in [5.74, 6) is -0.686. The SMILES string of the molecule is NC(=O)c1ccccc1NC(=O)Nc1ccccc1O. The number of carbonyl (C=O) groups excluding carboxylic acids is 2. The van der Waals surface area contributed by atoms with E-state index < -0.39 is 11.9 Å². The summed E-state index contributed by atoms with van der Waals surface area (Å²) in [6.07, 6.45) is 0. The minimum absolute atomic E-state index is 0.0502. The van der Waals surface area contributed by atoms with Gasteiger partial charge in [-0.1, -0.05) is 24.3 Å². The van der Waals surface area contributed by atoms with Crippen LogP contribution >= 0.6 is 0 Å². The molecule has 20 heavy (non-hydrogen) atoms. The summed E-state index contributed by atoms with van der Waals surface area (Å²) in [6.45, 7) is 0. The largest absolute Gasteiger partial charge is 0.506 e. The van der Waals surface area contributed by atoms with Crippen LogP contribution in [-0.2, 0) is 0 Å². The fourth-order valence-electron chi connectivity index (χ4n) is 1.66. The molecule has 2 rings (SSSR count). The minimum atomic E-state index is -0.636. The number of nitrogens with two attached hydrogens (primary N) is 1. The van der Waals surface area contributed by atoms with Gasteiger partial charge in [0.2, 0.25) is 0 Å². The van der Waals surface area contributed by atoms with Crippen LogP contribution in [0.2, 0.25) is 0 Å². The van der Waals surface area contributed by atoms with Crippen molar-refractivity contribution in [2.24, 2.45) is 5.73 Å². The van der Waals surface area contributed by atoms with Crippen LogP contribution in [0.4, 0.5) is 16.2 Å². The van der Waals surface area contributed by atoms with E-state index in [-0.39, 0.29) is 17.0 Å². The molecular formula is C14H13N3O3. The second-order valence-corrected chi connectivity index (χ2v) is 4.01. The lowest BCUT2D eigenvalue weighted by molar-refractivity contribution is 0.100. The molecule has 0 fully saturated rings. The van der Waals surface area contributed by atoms with Gasteiger partial charge in [0, 0.05) is 0 Å². The Hall–Kier alpha value is -3.02. The minimum Gasteiger partial charge on any atom is -0.506 e. The van der Waals surface area contributed by atoms with Gasteiger partial charge in [0.05, 0.1) is 16.9 Å². The molecule has 0 aliphatic carbocycles. The Morgan fingerprint density at radius 1 is 0.900 bits per heavy atom. The van der Waals surface area contributed by atoms with Gasteiger partial charge in [0.15, 0.2) is 0 Å². The Kier molecular flexibility index (Phi) is 3.85. The number of phenols is 1. The maximum Gasteiger partial charge on any atom is 0.323 e. The lowest BCUT2D eigenvalue weighted by Gasteiger charge is -2.10. The number of carbonyl (C=O) groups is 2. The molecular weight excluding hydrogens is 258 g/mol. The van der Waals surface area contributed by atoms with Crippen LogP contribution in [0.1, 0.15) is 10.4 Å². The lowest BCUT2D eigenvalue weighted by atomic mass is 10.1. The number of hydrogen-bond acceptors (Lipinski definition) is 3. The quantitative estimate of drug-likeness (QED) is 0.643. The van der Waals surface area contributed by atoms with Gasteiger partial charge >= 0.3 is 6.03 Å². The predicted molar refractivity (Wildman–Crippen MR) is 75.7 cm³/mol. The van der Waals surface area contributed by atoms with Crippen molar-refractivity contribution in [1.82, 2.24) is 0 Å². The van der Waals surface area contributed by atoms with Crippen molar-refractivity contribution in [3.63, 3.8) is 0 Å². The molecule has 0 radical (unpaired) electrons. The van der Waals surface area contributed by atoms with E-state index in [9.17, 15) is 14.7 Å². The van der Waals surface area contributed by atoms with E-state index in [1.807, 2.05) is 0 Å². The summed E-state index contributed by atoms with van der Waals surface area (Å²) in [7, 11) is 0. The molecule has 5 N–H and O–H groups in total. The molecule has 0 saturated heterocycles. The third-order valence-electron chi connectivity index (χ3n) is 2.59. The van der Waals surface area contributed by atoms with E-state index >= 15 is 0 Å². The second kappa shape index (κ2) is 5.75. The van der Waals surface area contributed by atoms with Crippen molar-refractivity contribution in [3.05, 3.63) is 54.1 Å². The number of nitrogens with one attached hydrogen (secondary N) is 2. The van der Waals surface area contributed by atoms with Crippen LogP contribution in [0.15, 0.2) is 48.5 Å². The zero-order valence-corrected chi connectivity index (χ0v) is 10.5. The number of hydrogen-bond donors (Lipinski definition) is 4. The molecule has 102 valence electrons. The molecule has 2 aromatic rings. The summed E-state index contributed by atoms with van der Waals surface area (Å²) in [5.41, 5.74) is 5.99. The molecule has 0 aliphatic heterocycles. The molecule has 3 amide bonds. The number of primary amides is 1. The highest BCUT2D eigenvalue weighted by molar-refractivity contribution is 6.06. The average molecular weight is 271 g/mol. The van der Waals surface area contributed by atoms with Crippen molar-refractivity contribution in [2.45, 2.75) is 0 Å². The maximum absolute atomic E-state index is 11.8. The fourth-order valence-corrected chi connectivity index (χ4v) is 1.66. The molecule has 0 spiro atoms. The molecule has 0 heterocycles. The first-order chi connectivity index (χ1) is 9.58. The van der Waals surface area contributed by atoms with Crippen molar-refractivity contribution < 1.29 is 14.7 Å². The van der Waals surface area contributed by atoms with Gasteiger partial charge in [-0.05, 0) is 24.3 Å². The smallest absolute Gasteiger partial charge is 0.323 e. The summed E-state index contributed by atoms with van der Waals surface area (Å²) in [4.78, 5) is 23.0. The normalized spacial score (nSPS) is 9.80. The maximum atomic E-state index is 11.8. The zero-order valence-electron chi connectivity index (χ0n) is 10.5. The monoisotopic (exact) mass is 271 g/mol. The highest BCUT2D eigenvalue weighted by Crippen LogP contribution is 2.22. The molecule has 0 saturated carbocycles. The molecule has 0 atom stereocenters. The number of para-hydroxylation sites is 3. The second-order valence-electron chi connectivity index (χ2n) is 4.01. The van der Waals surface area contributed by atoms with Gasteiger partial charge in [-0.2, -0.15) is 0 Å². The van der Waals surface area contributed by atoms with Crippen LogP contribution < -0.4 is 16.4 Å². The van der Waals surface area contributed by atoms with Gasteiger partial charge in [0.1, 0.15) is 5.75 Å². The Labute approximate surface area is 115 Å². The Balaban J connectivity index is 2.13. The standard InChI is InChI=1S/C14H13N3O3/c15-13(19)9-5-1-2-6-10(9)16-14(20)17-11-7-3-4-8-12(11)18/h1-8,18H,(H2,15,19)(H2,16,17,20). The number of aromatic hydroxyl groups is 1. The van der Waals surface area contributed by atoms with Gasteiger partial charge in [-0.3, -0.25) is 4.79 Å². The van der Waals surface area contributed by atoms with Crippen molar-refractivity contribution in [2.75, 3.05) is 10.6 Å². The summed E-state index contributed by atoms with van der Waals surface area (Å²) in [6, 6.07) is 12.1. The highest BCUT2D eigenvalue weighted by atomic mass is 16.3. The van der Waals surface area contributed by atoms with Crippen LogP contribution in [0.3, 0.4) is 0 Å². The Morgan fingerprint density at radius 2 is 1.45 bits per heavy atom. The molecule has 0 bridgehead atoms. The third-order valence-corrected chi connectivity index (χ3v) is 2.59. The lowest BCUT2D eigenvalue weighted by Crippen LogP contribution is -2.22. The number of urea groups is 1. The Bertz CT molecular complexity index is 656. The topological polar surface area (TPSA) is 104 Å². The van der Waals surface area contributed by atoms with E-state index in [1.54, 1.807) is 36.4 Å². The van der Waals surface area contributed by atoms with Gasteiger partial charge < -0.3 is 21.5 Å². The molecule has 0 unspecified atom stereocenters. The van der Waals surface area contributed by atoms with Gasteiger partial charge in [-0.25, -0.2) is 4.79 Å². The first-order valence-electron chi connectivity index (χ1n) is 5.83. The van der Waals surface area contributed by atoms with E-state index in [0.29, 0.717) is 5.69 Å². The molecule has 0 aliphatic rings. The van der Waals surface area contributed by atoms with Crippen molar-refractivity contribution in [3.8, 4) is 5.75 Å².